The highest BCUT2D eigenvalue weighted by molar-refractivity contribution is 5.63. The van der Waals surface area contributed by atoms with Crippen LogP contribution in [0.1, 0.15) is 57.1 Å². The molecule has 1 aromatic heterocycles. The van der Waals surface area contributed by atoms with Crippen LogP contribution in [0.3, 0.4) is 0 Å². The van der Waals surface area contributed by atoms with E-state index in [1.54, 1.807) is 0 Å². The molecule has 4 rings (SSSR count). The first kappa shape index (κ1) is 21.6. The quantitative estimate of drug-likeness (QED) is 0.450. The first-order chi connectivity index (χ1) is 14.9. The lowest BCUT2D eigenvalue weighted by Gasteiger charge is -2.20. The summed E-state index contributed by atoms with van der Waals surface area (Å²) in [5.41, 5.74) is 10.4. The Bertz CT molecular complexity index is 996. The van der Waals surface area contributed by atoms with Crippen molar-refractivity contribution in [3.05, 3.63) is 65.5 Å². The number of nitrogens with one attached hydrogen (secondary N) is 1. The topological polar surface area (TPSA) is 77.0 Å². The van der Waals surface area contributed by atoms with E-state index in [0.29, 0.717) is 18.2 Å². The summed E-state index contributed by atoms with van der Waals surface area (Å²) >= 11 is 0. The van der Waals surface area contributed by atoms with Crippen molar-refractivity contribution in [1.82, 2.24) is 10.2 Å². The zero-order chi connectivity index (χ0) is 21.8. The molecule has 3 atom stereocenters. The maximum Gasteiger partial charge on any atom is 0.247 e. The Morgan fingerprint density at radius 2 is 1.90 bits per heavy atom. The number of aryl methyl sites for hydroxylation is 1. The number of nitrogens with zero attached hydrogens (tertiary/aromatic N) is 2. The summed E-state index contributed by atoms with van der Waals surface area (Å²) in [6, 6.07) is 16.7. The fraction of sp³-hybridized carbons (Fsp3) is 0.462. The van der Waals surface area contributed by atoms with Crippen LogP contribution >= 0.6 is 0 Å². The predicted octanol–water partition coefficient (Wildman–Crippen LogP) is 5.56. The molecule has 2 aromatic carbocycles. The van der Waals surface area contributed by atoms with E-state index in [9.17, 15) is 0 Å². The van der Waals surface area contributed by atoms with Gasteiger partial charge >= 0.3 is 0 Å². The van der Waals surface area contributed by atoms with Crippen molar-refractivity contribution in [3.8, 4) is 11.5 Å². The van der Waals surface area contributed by atoms with Gasteiger partial charge in [0.2, 0.25) is 11.8 Å². The van der Waals surface area contributed by atoms with Gasteiger partial charge in [0, 0.05) is 17.8 Å². The average Bonchev–Trinajstić information content (AvgIpc) is 3.24. The summed E-state index contributed by atoms with van der Waals surface area (Å²) in [5.74, 6) is 2.75. The van der Waals surface area contributed by atoms with Crippen LogP contribution in [0, 0.1) is 11.8 Å². The Hall–Kier alpha value is -2.66. The van der Waals surface area contributed by atoms with E-state index in [-0.39, 0.29) is 0 Å². The highest BCUT2D eigenvalue weighted by atomic mass is 16.4. The molecule has 31 heavy (non-hydrogen) atoms. The maximum atomic E-state index is 6.58. The standard InChI is InChI=1S/C26H34N4O/c1-4-12-28-23-15-20(10-11-21-13-18(21)2)14-22(16-23)24-29-30-25(31-24)26(3,27)17-19-8-6-5-7-9-19/h5-9,14-16,18,21,28H,4,10-13,17,27H2,1-3H3/t18?,21?,26-/m1/s1. The van der Waals surface area contributed by atoms with Crippen LogP contribution in [0.5, 0.6) is 0 Å². The van der Waals surface area contributed by atoms with Crippen LogP contribution in [0.4, 0.5) is 5.69 Å². The Morgan fingerprint density at radius 1 is 1.13 bits per heavy atom. The molecule has 1 aliphatic rings. The molecule has 0 saturated heterocycles. The lowest BCUT2D eigenvalue weighted by Crippen LogP contribution is -2.35. The fourth-order valence-corrected chi connectivity index (χ4v) is 4.15. The molecule has 5 heteroatoms. The van der Waals surface area contributed by atoms with Crippen molar-refractivity contribution in [3.63, 3.8) is 0 Å². The van der Waals surface area contributed by atoms with Crippen molar-refractivity contribution < 1.29 is 4.42 Å². The predicted molar refractivity (Wildman–Crippen MR) is 126 cm³/mol. The van der Waals surface area contributed by atoms with Gasteiger partial charge in [-0.1, -0.05) is 44.2 Å². The number of aromatic nitrogens is 2. The number of rotatable bonds is 10. The molecular weight excluding hydrogens is 384 g/mol. The van der Waals surface area contributed by atoms with Gasteiger partial charge in [0.1, 0.15) is 0 Å². The van der Waals surface area contributed by atoms with Crippen LogP contribution in [-0.4, -0.2) is 16.7 Å². The second-order valence-electron chi connectivity index (χ2n) is 9.35. The minimum atomic E-state index is -0.727. The first-order valence-corrected chi connectivity index (χ1v) is 11.5. The second kappa shape index (κ2) is 9.23. The molecule has 1 aliphatic carbocycles. The summed E-state index contributed by atoms with van der Waals surface area (Å²) in [5, 5.41) is 12.2. The van der Waals surface area contributed by atoms with Crippen molar-refractivity contribution in [2.24, 2.45) is 17.6 Å². The fourth-order valence-electron chi connectivity index (χ4n) is 4.15. The lowest BCUT2D eigenvalue weighted by atomic mass is 9.94. The minimum absolute atomic E-state index is 0.464. The van der Waals surface area contributed by atoms with Gasteiger partial charge in [0.05, 0.1) is 5.54 Å². The summed E-state index contributed by atoms with van der Waals surface area (Å²) in [6.07, 6.45) is 5.40. The Labute approximate surface area is 185 Å². The van der Waals surface area contributed by atoms with E-state index in [1.807, 2.05) is 25.1 Å². The van der Waals surface area contributed by atoms with Crippen LogP contribution in [0.15, 0.2) is 52.9 Å². The molecule has 2 unspecified atom stereocenters. The SMILES string of the molecule is CCCNc1cc(CCC2CC2C)cc(-c2nnc([C@](C)(N)Cc3ccccc3)o2)c1. The molecule has 1 saturated carbocycles. The van der Waals surface area contributed by atoms with E-state index < -0.39 is 5.54 Å². The zero-order valence-electron chi connectivity index (χ0n) is 18.9. The van der Waals surface area contributed by atoms with Gasteiger partial charge in [0.15, 0.2) is 0 Å². The highest BCUT2D eigenvalue weighted by Gasteiger charge is 2.32. The van der Waals surface area contributed by atoms with Gasteiger partial charge in [-0.2, -0.15) is 0 Å². The van der Waals surface area contributed by atoms with Gasteiger partial charge in [-0.05, 0) is 80.2 Å². The molecule has 0 radical (unpaired) electrons. The van der Waals surface area contributed by atoms with Crippen LogP contribution in [-0.2, 0) is 18.4 Å². The number of nitrogens with two attached hydrogens (primary N) is 1. The molecule has 0 amide bonds. The molecule has 0 spiro atoms. The molecule has 3 N–H and O–H groups in total. The number of hydrogen-bond acceptors (Lipinski definition) is 5. The molecule has 5 nitrogen and oxygen atoms in total. The van der Waals surface area contributed by atoms with Gasteiger partial charge in [-0.3, -0.25) is 0 Å². The third-order valence-electron chi connectivity index (χ3n) is 6.23. The lowest BCUT2D eigenvalue weighted by molar-refractivity contribution is 0.355. The normalized spacial score (nSPS) is 19.7. The third kappa shape index (κ3) is 5.53. The smallest absolute Gasteiger partial charge is 0.247 e. The largest absolute Gasteiger partial charge is 0.419 e. The number of benzene rings is 2. The number of anilines is 1. The van der Waals surface area contributed by atoms with Crippen molar-refractivity contribution in [2.75, 3.05) is 11.9 Å². The van der Waals surface area contributed by atoms with Gasteiger partial charge in [-0.15, -0.1) is 10.2 Å². The summed E-state index contributed by atoms with van der Waals surface area (Å²) in [6.45, 7) is 7.40. The Kier molecular flexibility index (Phi) is 6.42. The van der Waals surface area contributed by atoms with E-state index in [4.69, 9.17) is 10.2 Å². The van der Waals surface area contributed by atoms with Crippen molar-refractivity contribution in [1.29, 1.82) is 0 Å². The summed E-state index contributed by atoms with van der Waals surface area (Å²) in [7, 11) is 0. The molecule has 3 aromatic rings. The third-order valence-corrected chi connectivity index (χ3v) is 6.23. The van der Waals surface area contributed by atoms with Crippen LogP contribution in [0.25, 0.3) is 11.5 Å². The van der Waals surface area contributed by atoms with Crippen molar-refractivity contribution in [2.45, 2.75) is 58.4 Å². The molecule has 164 valence electrons. The van der Waals surface area contributed by atoms with Gasteiger partial charge in [-0.25, -0.2) is 0 Å². The second-order valence-corrected chi connectivity index (χ2v) is 9.35. The number of hydrogen-bond donors (Lipinski definition) is 2. The molecule has 0 bridgehead atoms. The van der Waals surface area contributed by atoms with E-state index >= 15 is 0 Å². The summed E-state index contributed by atoms with van der Waals surface area (Å²) in [4.78, 5) is 0. The van der Waals surface area contributed by atoms with Crippen molar-refractivity contribution >= 4 is 5.69 Å². The van der Waals surface area contributed by atoms with Gasteiger partial charge < -0.3 is 15.5 Å². The zero-order valence-corrected chi connectivity index (χ0v) is 18.9. The molecule has 1 fully saturated rings. The first-order valence-electron chi connectivity index (χ1n) is 11.5. The van der Waals surface area contributed by atoms with Crippen LogP contribution in [0.2, 0.25) is 0 Å². The average molecular weight is 419 g/mol. The highest BCUT2D eigenvalue weighted by Crippen LogP contribution is 2.41. The molecular formula is C26H34N4O. The minimum Gasteiger partial charge on any atom is -0.419 e. The van der Waals surface area contributed by atoms with E-state index in [0.717, 1.165) is 48.0 Å². The van der Waals surface area contributed by atoms with E-state index in [1.165, 1.54) is 18.4 Å². The van der Waals surface area contributed by atoms with E-state index in [2.05, 4.69) is 59.7 Å². The Balaban J connectivity index is 1.55. The monoisotopic (exact) mass is 418 g/mol. The summed E-state index contributed by atoms with van der Waals surface area (Å²) < 4.78 is 6.10. The Morgan fingerprint density at radius 3 is 2.61 bits per heavy atom. The van der Waals surface area contributed by atoms with Crippen LogP contribution < -0.4 is 11.1 Å². The molecule has 0 aliphatic heterocycles. The molecule has 1 heterocycles. The van der Waals surface area contributed by atoms with Gasteiger partial charge in [0.25, 0.3) is 0 Å². The maximum absolute atomic E-state index is 6.58.